The van der Waals surface area contributed by atoms with E-state index in [1.807, 2.05) is 30.3 Å². The summed E-state index contributed by atoms with van der Waals surface area (Å²) in [7, 11) is 1.38. The maximum absolute atomic E-state index is 11.1. The number of nitrogens with one attached hydrogen (secondary N) is 1. The SMILES string of the molecule is COC(=O)/C(C)=C/CNCc1ccc(Br)cc1. The number of carbonyl (C=O) groups is 1. The van der Waals surface area contributed by atoms with Crippen molar-refractivity contribution < 1.29 is 9.53 Å². The molecule has 3 nitrogen and oxygen atoms in total. The Morgan fingerprint density at radius 1 is 1.41 bits per heavy atom. The van der Waals surface area contributed by atoms with Crippen molar-refractivity contribution in [1.82, 2.24) is 5.32 Å². The minimum atomic E-state index is -0.282. The molecule has 0 spiro atoms. The number of benzene rings is 1. The highest BCUT2D eigenvalue weighted by molar-refractivity contribution is 9.10. The molecule has 0 aliphatic carbocycles. The maximum Gasteiger partial charge on any atom is 0.333 e. The Bertz CT molecular complexity index is 398. The fourth-order valence-corrected chi connectivity index (χ4v) is 1.55. The van der Waals surface area contributed by atoms with Gasteiger partial charge < -0.3 is 10.1 Å². The summed E-state index contributed by atoms with van der Waals surface area (Å²) in [6.07, 6.45) is 1.82. The van der Waals surface area contributed by atoms with E-state index in [-0.39, 0.29) is 5.97 Å². The number of methoxy groups -OCH3 is 1. The van der Waals surface area contributed by atoms with Gasteiger partial charge in [0.15, 0.2) is 0 Å². The summed E-state index contributed by atoms with van der Waals surface area (Å²) in [5, 5.41) is 3.23. The molecule has 0 unspecified atom stereocenters. The monoisotopic (exact) mass is 297 g/mol. The van der Waals surface area contributed by atoms with E-state index in [9.17, 15) is 4.79 Å². The van der Waals surface area contributed by atoms with E-state index in [0.29, 0.717) is 12.1 Å². The highest BCUT2D eigenvalue weighted by Gasteiger charge is 2.01. The molecule has 0 saturated carbocycles. The summed E-state index contributed by atoms with van der Waals surface area (Å²) >= 11 is 3.39. The topological polar surface area (TPSA) is 38.3 Å². The second kappa shape index (κ2) is 7.25. The second-order valence-corrected chi connectivity index (χ2v) is 4.55. The normalized spacial score (nSPS) is 11.4. The molecular weight excluding hydrogens is 282 g/mol. The molecular formula is C13H16BrNO2. The van der Waals surface area contributed by atoms with Crippen molar-refractivity contribution in [2.75, 3.05) is 13.7 Å². The van der Waals surface area contributed by atoms with Crippen molar-refractivity contribution in [2.24, 2.45) is 0 Å². The van der Waals surface area contributed by atoms with Crippen LogP contribution in [-0.4, -0.2) is 19.6 Å². The predicted molar refractivity (Wildman–Crippen MR) is 71.6 cm³/mol. The van der Waals surface area contributed by atoms with Crippen LogP contribution in [0.3, 0.4) is 0 Å². The van der Waals surface area contributed by atoms with Gasteiger partial charge in [0.05, 0.1) is 7.11 Å². The number of esters is 1. The maximum atomic E-state index is 11.1. The molecule has 0 heterocycles. The van der Waals surface area contributed by atoms with Crippen molar-refractivity contribution in [2.45, 2.75) is 13.5 Å². The van der Waals surface area contributed by atoms with E-state index in [1.54, 1.807) is 6.92 Å². The van der Waals surface area contributed by atoms with E-state index >= 15 is 0 Å². The molecule has 4 heteroatoms. The van der Waals surface area contributed by atoms with Gasteiger partial charge in [-0.2, -0.15) is 0 Å². The van der Waals surface area contributed by atoms with Gasteiger partial charge in [-0.25, -0.2) is 4.79 Å². The van der Waals surface area contributed by atoms with Crippen LogP contribution >= 0.6 is 15.9 Å². The van der Waals surface area contributed by atoms with Gasteiger partial charge in [-0.1, -0.05) is 34.1 Å². The van der Waals surface area contributed by atoms with Crippen LogP contribution in [0.25, 0.3) is 0 Å². The molecule has 0 fully saturated rings. The smallest absolute Gasteiger partial charge is 0.333 e. The average Bonchev–Trinajstić information content (AvgIpc) is 2.35. The lowest BCUT2D eigenvalue weighted by atomic mass is 10.2. The summed E-state index contributed by atoms with van der Waals surface area (Å²) in [5.74, 6) is -0.282. The van der Waals surface area contributed by atoms with Crippen molar-refractivity contribution in [1.29, 1.82) is 0 Å². The van der Waals surface area contributed by atoms with Crippen LogP contribution in [0.5, 0.6) is 0 Å². The molecule has 0 aliphatic heterocycles. The first-order chi connectivity index (χ1) is 8.13. The third kappa shape index (κ3) is 5.15. The first-order valence-electron chi connectivity index (χ1n) is 5.33. The molecule has 1 rings (SSSR count). The Kier molecular flexibility index (Phi) is 5.94. The van der Waals surface area contributed by atoms with Gasteiger partial charge in [-0.3, -0.25) is 0 Å². The Morgan fingerprint density at radius 3 is 2.65 bits per heavy atom. The number of rotatable bonds is 5. The average molecular weight is 298 g/mol. The summed E-state index contributed by atoms with van der Waals surface area (Å²) in [5.41, 5.74) is 1.83. The van der Waals surface area contributed by atoms with E-state index in [4.69, 9.17) is 0 Å². The fourth-order valence-electron chi connectivity index (χ4n) is 1.29. The van der Waals surface area contributed by atoms with Crippen LogP contribution in [0.2, 0.25) is 0 Å². The van der Waals surface area contributed by atoms with Gasteiger partial charge in [-0.15, -0.1) is 0 Å². The zero-order valence-electron chi connectivity index (χ0n) is 10.00. The Hall–Kier alpha value is -1.13. The van der Waals surface area contributed by atoms with Crippen molar-refractivity contribution in [3.63, 3.8) is 0 Å². The number of carbonyl (C=O) groups excluding carboxylic acids is 1. The minimum absolute atomic E-state index is 0.282. The summed E-state index contributed by atoms with van der Waals surface area (Å²) in [4.78, 5) is 11.1. The van der Waals surface area contributed by atoms with Crippen LogP contribution in [-0.2, 0) is 16.1 Å². The zero-order chi connectivity index (χ0) is 12.7. The number of hydrogen-bond acceptors (Lipinski definition) is 3. The zero-order valence-corrected chi connectivity index (χ0v) is 11.6. The second-order valence-electron chi connectivity index (χ2n) is 3.64. The molecule has 92 valence electrons. The number of halogens is 1. The van der Waals surface area contributed by atoms with E-state index < -0.39 is 0 Å². The molecule has 0 saturated heterocycles. The van der Waals surface area contributed by atoms with E-state index in [2.05, 4.69) is 26.0 Å². The lowest BCUT2D eigenvalue weighted by Crippen LogP contribution is -2.14. The summed E-state index contributed by atoms with van der Waals surface area (Å²) < 4.78 is 5.67. The number of hydrogen-bond donors (Lipinski definition) is 1. The molecule has 17 heavy (non-hydrogen) atoms. The Labute approximate surface area is 110 Å². The molecule has 1 aromatic carbocycles. The van der Waals surface area contributed by atoms with Crippen LogP contribution < -0.4 is 5.32 Å². The van der Waals surface area contributed by atoms with Crippen molar-refractivity contribution in [3.05, 3.63) is 46.0 Å². The molecule has 1 aromatic rings. The molecule has 0 amide bonds. The third-order valence-corrected chi connectivity index (χ3v) is 2.83. The van der Waals surface area contributed by atoms with E-state index in [1.165, 1.54) is 12.7 Å². The lowest BCUT2D eigenvalue weighted by Gasteiger charge is -2.03. The van der Waals surface area contributed by atoms with Crippen molar-refractivity contribution in [3.8, 4) is 0 Å². The predicted octanol–water partition coefficient (Wildman–Crippen LogP) is 2.66. The van der Waals surface area contributed by atoms with Gasteiger partial charge >= 0.3 is 5.97 Å². The first kappa shape index (κ1) is 13.9. The fraction of sp³-hybridized carbons (Fsp3) is 0.308. The van der Waals surface area contributed by atoms with Crippen LogP contribution in [0.1, 0.15) is 12.5 Å². The Balaban J connectivity index is 2.33. The first-order valence-corrected chi connectivity index (χ1v) is 6.13. The number of ether oxygens (including phenoxy) is 1. The van der Waals surface area contributed by atoms with Gasteiger partial charge in [0.1, 0.15) is 0 Å². The van der Waals surface area contributed by atoms with E-state index in [0.717, 1.165) is 11.0 Å². The highest BCUT2D eigenvalue weighted by atomic mass is 79.9. The van der Waals surface area contributed by atoms with Crippen LogP contribution in [0.15, 0.2) is 40.4 Å². The summed E-state index contributed by atoms with van der Waals surface area (Å²) in [6, 6.07) is 8.11. The standard InChI is InChI=1S/C13H16BrNO2/c1-10(13(16)17-2)7-8-15-9-11-3-5-12(14)6-4-11/h3-7,15H,8-9H2,1-2H3/b10-7+. The molecule has 0 radical (unpaired) electrons. The van der Waals surface area contributed by atoms with Crippen molar-refractivity contribution >= 4 is 21.9 Å². The van der Waals surface area contributed by atoms with Crippen LogP contribution in [0.4, 0.5) is 0 Å². The lowest BCUT2D eigenvalue weighted by molar-refractivity contribution is -0.136. The molecule has 0 atom stereocenters. The molecule has 0 aromatic heterocycles. The summed E-state index contributed by atoms with van der Waals surface area (Å²) in [6.45, 7) is 3.17. The van der Waals surface area contributed by atoms with Crippen LogP contribution in [0, 0.1) is 0 Å². The quantitative estimate of drug-likeness (QED) is 0.516. The molecule has 1 N–H and O–H groups in total. The molecule has 0 bridgehead atoms. The third-order valence-electron chi connectivity index (χ3n) is 2.30. The van der Waals surface area contributed by atoms with Gasteiger partial charge in [-0.05, 0) is 24.6 Å². The van der Waals surface area contributed by atoms with Gasteiger partial charge in [0.25, 0.3) is 0 Å². The largest absolute Gasteiger partial charge is 0.466 e. The molecule has 0 aliphatic rings. The highest BCUT2D eigenvalue weighted by Crippen LogP contribution is 2.10. The van der Waals surface area contributed by atoms with Gasteiger partial charge in [0, 0.05) is 23.1 Å². The van der Waals surface area contributed by atoms with Gasteiger partial charge in [0.2, 0.25) is 0 Å². The minimum Gasteiger partial charge on any atom is -0.466 e. The Morgan fingerprint density at radius 2 is 2.06 bits per heavy atom.